The Hall–Kier alpha value is -1.59. The molecule has 0 saturated heterocycles. The van der Waals surface area contributed by atoms with Crippen molar-refractivity contribution < 1.29 is 5.11 Å². The molecule has 3 nitrogen and oxygen atoms in total. The summed E-state index contributed by atoms with van der Waals surface area (Å²) in [6.45, 7) is 0. The number of phenolic OH excluding ortho intramolecular Hbond substituents is 1. The molecule has 0 amide bonds. The van der Waals surface area contributed by atoms with E-state index in [1.165, 1.54) is 11.3 Å². The lowest BCUT2D eigenvalue weighted by Gasteiger charge is -2.02. The minimum atomic E-state index is 0.0932. The van der Waals surface area contributed by atoms with E-state index in [2.05, 4.69) is 20.9 Å². The highest BCUT2D eigenvalue weighted by Gasteiger charge is 2.11. The van der Waals surface area contributed by atoms with Crippen LogP contribution in [0.5, 0.6) is 5.75 Å². The summed E-state index contributed by atoms with van der Waals surface area (Å²) in [5.41, 5.74) is 7.65. The average Bonchev–Trinajstić information content (AvgIpc) is 2.75. The van der Waals surface area contributed by atoms with Gasteiger partial charge in [0.05, 0.1) is 21.5 Å². The van der Waals surface area contributed by atoms with E-state index in [0.717, 1.165) is 19.7 Å². The Balaban J connectivity index is 2.22. The van der Waals surface area contributed by atoms with Gasteiger partial charge in [-0.25, -0.2) is 4.98 Å². The fourth-order valence-corrected chi connectivity index (χ4v) is 3.07. The van der Waals surface area contributed by atoms with Crippen LogP contribution < -0.4 is 5.73 Å². The van der Waals surface area contributed by atoms with Crippen LogP contribution in [0.25, 0.3) is 20.8 Å². The summed E-state index contributed by atoms with van der Waals surface area (Å²) < 4.78 is 2.07. The molecule has 0 saturated carbocycles. The molecule has 3 rings (SSSR count). The second kappa shape index (κ2) is 4.26. The molecule has 5 heteroatoms. The van der Waals surface area contributed by atoms with Crippen LogP contribution in [0.4, 0.5) is 5.69 Å². The summed E-state index contributed by atoms with van der Waals surface area (Å²) in [7, 11) is 0. The summed E-state index contributed by atoms with van der Waals surface area (Å²) in [6, 6.07) is 11.2. The van der Waals surface area contributed by atoms with Gasteiger partial charge in [0, 0.05) is 4.47 Å². The normalized spacial score (nSPS) is 10.9. The summed E-state index contributed by atoms with van der Waals surface area (Å²) in [5.74, 6) is 0.0932. The van der Waals surface area contributed by atoms with Crippen molar-refractivity contribution in [1.29, 1.82) is 0 Å². The smallest absolute Gasteiger partial charge is 0.148 e. The minimum Gasteiger partial charge on any atom is -0.505 e. The van der Waals surface area contributed by atoms with Crippen LogP contribution in [0.15, 0.2) is 40.9 Å². The maximum absolute atomic E-state index is 9.96. The van der Waals surface area contributed by atoms with Gasteiger partial charge >= 0.3 is 0 Å². The van der Waals surface area contributed by atoms with Crippen molar-refractivity contribution in [1.82, 2.24) is 4.98 Å². The van der Waals surface area contributed by atoms with Gasteiger partial charge < -0.3 is 10.8 Å². The Morgan fingerprint density at radius 3 is 2.89 bits per heavy atom. The lowest BCUT2D eigenvalue weighted by Crippen LogP contribution is -1.87. The predicted octanol–water partition coefficient (Wildman–Crippen LogP) is 4.01. The Kier molecular flexibility index (Phi) is 2.72. The predicted molar refractivity (Wildman–Crippen MR) is 78.8 cm³/mol. The first-order valence-corrected chi connectivity index (χ1v) is 6.90. The molecule has 0 unspecified atom stereocenters. The topological polar surface area (TPSA) is 59.1 Å². The highest BCUT2D eigenvalue weighted by atomic mass is 79.9. The molecule has 1 heterocycles. The largest absolute Gasteiger partial charge is 0.505 e. The van der Waals surface area contributed by atoms with Gasteiger partial charge in [0.1, 0.15) is 10.8 Å². The maximum atomic E-state index is 9.96. The van der Waals surface area contributed by atoms with Crippen LogP contribution in [0, 0.1) is 0 Å². The molecule has 1 aromatic heterocycles. The van der Waals surface area contributed by atoms with Crippen molar-refractivity contribution >= 4 is 43.2 Å². The van der Waals surface area contributed by atoms with Gasteiger partial charge in [0.25, 0.3) is 0 Å². The van der Waals surface area contributed by atoms with Crippen LogP contribution in [0.3, 0.4) is 0 Å². The number of rotatable bonds is 1. The number of aromatic hydroxyl groups is 1. The van der Waals surface area contributed by atoms with E-state index < -0.39 is 0 Å². The van der Waals surface area contributed by atoms with E-state index in [9.17, 15) is 5.11 Å². The van der Waals surface area contributed by atoms with Crippen molar-refractivity contribution in [2.75, 3.05) is 5.73 Å². The number of halogens is 1. The van der Waals surface area contributed by atoms with Gasteiger partial charge in [0.15, 0.2) is 0 Å². The zero-order valence-electron chi connectivity index (χ0n) is 9.22. The summed E-state index contributed by atoms with van der Waals surface area (Å²) in [6.07, 6.45) is 0. The molecule has 90 valence electrons. The van der Waals surface area contributed by atoms with E-state index >= 15 is 0 Å². The molecule has 0 bridgehead atoms. The number of aromatic nitrogens is 1. The van der Waals surface area contributed by atoms with E-state index in [1.807, 2.05) is 30.3 Å². The fourth-order valence-electron chi connectivity index (χ4n) is 1.75. The van der Waals surface area contributed by atoms with Crippen LogP contribution >= 0.6 is 27.3 Å². The number of nitrogens with zero attached hydrogens (tertiary/aromatic N) is 1. The van der Waals surface area contributed by atoms with Gasteiger partial charge in [-0.2, -0.15) is 0 Å². The zero-order chi connectivity index (χ0) is 12.7. The van der Waals surface area contributed by atoms with Gasteiger partial charge in [0.2, 0.25) is 0 Å². The lowest BCUT2D eigenvalue weighted by molar-refractivity contribution is 0.480. The number of para-hydroxylation sites is 1. The third-order valence-corrected chi connectivity index (χ3v) is 4.21. The van der Waals surface area contributed by atoms with Crippen LogP contribution in [0.1, 0.15) is 0 Å². The highest BCUT2D eigenvalue weighted by Crippen LogP contribution is 2.38. The van der Waals surface area contributed by atoms with Crippen LogP contribution in [-0.2, 0) is 0 Å². The monoisotopic (exact) mass is 320 g/mol. The van der Waals surface area contributed by atoms with E-state index in [4.69, 9.17) is 5.73 Å². The number of fused-ring (bicyclic) bond motifs is 1. The standard InChI is InChI=1S/C13H9BrN2OS/c14-7-4-5-11-10(6-7)16-13(18-11)8-2-1-3-9(15)12(8)17/h1-6,17H,15H2. The molecule has 3 N–H and O–H groups in total. The highest BCUT2D eigenvalue weighted by molar-refractivity contribution is 9.10. The Labute approximate surface area is 116 Å². The molecule has 0 radical (unpaired) electrons. The van der Waals surface area contributed by atoms with E-state index in [-0.39, 0.29) is 5.75 Å². The summed E-state index contributed by atoms with van der Waals surface area (Å²) in [5, 5.41) is 10.7. The number of nitrogens with two attached hydrogens (primary N) is 1. The van der Waals surface area contributed by atoms with Crippen molar-refractivity contribution in [2.45, 2.75) is 0 Å². The molecule has 0 aliphatic heterocycles. The fraction of sp³-hybridized carbons (Fsp3) is 0. The second-order valence-corrected chi connectivity index (χ2v) is 5.82. The molecule has 18 heavy (non-hydrogen) atoms. The van der Waals surface area contributed by atoms with Crippen molar-refractivity contribution in [3.63, 3.8) is 0 Å². The Morgan fingerprint density at radius 1 is 1.22 bits per heavy atom. The molecular formula is C13H9BrN2OS. The number of hydrogen-bond donors (Lipinski definition) is 2. The number of nitrogen functional groups attached to an aromatic ring is 1. The molecule has 0 spiro atoms. The molecule has 3 aromatic rings. The quantitative estimate of drug-likeness (QED) is 0.526. The van der Waals surface area contributed by atoms with Gasteiger partial charge in [-0.1, -0.05) is 22.0 Å². The molecule has 2 aromatic carbocycles. The average molecular weight is 321 g/mol. The van der Waals surface area contributed by atoms with Crippen molar-refractivity contribution in [3.05, 3.63) is 40.9 Å². The minimum absolute atomic E-state index is 0.0932. The lowest BCUT2D eigenvalue weighted by atomic mass is 10.2. The second-order valence-electron chi connectivity index (χ2n) is 3.87. The third kappa shape index (κ3) is 1.85. The van der Waals surface area contributed by atoms with Gasteiger partial charge in [-0.3, -0.25) is 0 Å². The number of benzene rings is 2. The van der Waals surface area contributed by atoms with Gasteiger partial charge in [-0.05, 0) is 30.3 Å². The number of thiazole rings is 1. The van der Waals surface area contributed by atoms with Gasteiger partial charge in [-0.15, -0.1) is 11.3 Å². The zero-order valence-corrected chi connectivity index (χ0v) is 11.6. The first-order valence-electron chi connectivity index (χ1n) is 5.29. The Bertz CT molecular complexity index is 739. The van der Waals surface area contributed by atoms with Crippen molar-refractivity contribution in [2.24, 2.45) is 0 Å². The maximum Gasteiger partial charge on any atom is 0.148 e. The first kappa shape index (κ1) is 11.5. The van der Waals surface area contributed by atoms with E-state index in [0.29, 0.717) is 11.3 Å². The molecule has 0 atom stereocenters. The SMILES string of the molecule is Nc1cccc(-c2nc3cc(Br)ccc3s2)c1O. The Morgan fingerprint density at radius 2 is 2.06 bits per heavy atom. The summed E-state index contributed by atoms with van der Waals surface area (Å²) >= 11 is 4.95. The first-order chi connectivity index (χ1) is 8.65. The third-order valence-electron chi connectivity index (χ3n) is 2.65. The molecule has 0 fully saturated rings. The van der Waals surface area contributed by atoms with Crippen LogP contribution in [0.2, 0.25) is 0 Å². The number of hydrogen-bond acceptors (Lipinski definition) is 4. The van der Waals surface area contributed by atoms with E-state index in [1.54, 1.807) is 6.07 Å². The number of phenols is 1. The molecule has 0 aliphatic rings. The number of anilines is 1. The molecular weight excluding hydrogens is 312 g/mol. The van der Waals surface area contributed by atoms with Crippen molar-refractivity contribution in [3.8, 4) is 16.3 Å². The molecule has 0 aliphatic carbocycles. The van der Waals surface area contributed by atoms with Crippen LogP contribution in [-0.4, -0.2) is 10.1 Å². The summed E-state index contributed by atoms with van der Waals surface area (Å²) in [4.78, 5) is 4.52.